The van der Waals surface area contributed by atoms with Crippen LogP contribution in [0.15, 0.2) is 53.5 Å². The molecule has 2 aromatic carbocycles. The third kappa shape index (κ3) is 5.49. The minimum atomic E-state index is -4.36. The van der Waals surface area contributed by atoms with Crippen LogP contribution in [-0.2, 0) is 16.7 Å². The highest BCUT2D eigenvalue weighted by molar-refractivity contribution is 8.13. The van der Waals surface area contributed by atoms with E-state index in [-0.39, 0.29) is 5.91 Å². The van der Waals surface area contributed by atoms with Crippen LogP contribution in [0.3, 0.4) is 0 Å². The molecular formula is C21H20ClF3N2O2S. The zero-order valence-electron chi connectivity index (χ0n) is 16.4. The fourth-order valence-electron chi connectivity index (χ4n) is 2.84. The summed E-state index contributed by atoms with van der Waals surface area (Å²) in [7, 11) is 0. The van der Waals surface area contributed by atoms with Crippen molar-refractivity contribution in [1.29, 1.82) is 0 Å². The predicted octanol–water partition coefficient (Wildman–Crippen LogP) is 5.65. The number of amides is 1. The molecule has 2 aromatic rings. The van der Waals surface area contributed by atoms with E-state index >= 15 is 0 Å². The lowest BCUT2D eigenvalue weighted by Crippen LogP contribution is -2.49. The Kier molecular flexibility index (Phi) is 6.67. The Morgan fingerprint density at radius 1 is 1.13 bits per heavy atom. The van der Waals surface area contributed by atoms with Gasteiger partial charge in [-0.05, 0) is 55.8 Å². The van der Waals surface area contributed by atoms with Gasteiger partial charge in [0.2, 0.25) is 0 Å². The van der Waals surface area contributed by atoms with Crippen molar-refractivity contribution in [1.82, 2.24) is 4.90 Å². The number of carbonyl (C=O) groups is 1. The van der Waals surface area contributed by atoms with Crippen molar-refractivity contribution in [3.63, 3.8) is 0 Å². The zero-order chi connectivity index (χ0) is 21.9. The van der Waals surface area contributed by atoms with Gasteiger partial charge in [0.05, 0.1) is 12.1 Å². The molecule has 1 heterocycles. The fourth-order valence-corrected chi connectivity index (χ4v) is 3.97. The molecule has 0 spiro atoms. The van der Waals surface area contributed by atoms with Gasteiger partial charge >= 0.3 is 6.18 Å². The first-order chi connectivity index (χ1) is 14.1. The average molecular weight is 457 g/mol. The number of benzene rings is 2. The van der Waals surface area contributed by atoms with E-state index in [1.165, 1.54) is 23.9 Å². The number of halogens is 4. The Morgan fingerprint density at radius 3 is 2.37 bits per heavy atom. The third-order valence-electron chi connectivity index (χ3n) is 4.40. The minimum Gasteiger partial charge on any atom is -0.478 e. The van der Waals surface area contributed by atoms with E-state index in [9.17, 15) is 18.0 Å². The Balaban J connectivity index is 1.63. The first-order valence-electron chi connectivity index (χ1n) is 9.16. The maximum Gasteiger partial charge on any atom is 0.416 e. The largest absolute Gasteiger partial charge is 0.478 e. The smallest absolute Gasteiger partial charge is 0.416 e. The molecule has 1 aliphatic heterocycles. The number of aliphatic imine (C=N–C) groups is 1. The van der Waals surface area contributed by atoms with Gasteiger partial charge in [-0.2, -0.15) is 13.2 Å². The van der Waals surface area contributed by atoms with Gasteiger partial charge in [0.1, 0.15) is 5.75 Å². The van der Waals surface area contributed by atoms with Crippen LogP contribution >= 0.6 is 23.4 Å². The molecule has 0 aromatic heterocycles. The molecule has 0 saturated carbocycles. The Hall–Kier alpha value is -2.19. The topological polar surface area (TPSA) is 41.9 Å². The van der Waals surface area contributed by atoms with E-state index in [0.717, 1.165) is 12.1 Å². The predicted molar refractivity (Wildman–Crippen MR) is 113 cm³/mol. The number of hydrogen-bond donors (Lipinski definition) is 0. The van der Waals surface area contributed by atoms with Crippen LogP contribution in [0, 0.1) is 0 Å². The van der Waals surface area contributed by atoms with Gasteiger partial charge in [0.25, 0.3) is 5.91 Å². The number of carbonyl (C=O) groups excluding carboxylic acids is 1. The maximum atomic E-state index is 13.1. The zero-order valence-corrected chi connectivity index (χ0v) is 17.9. The Bertz CT molecular complexity index is 929. The number of amidine groups is 1. The summed E-state index contributed by atoms with van der Waals surface area (Å²) in [5, 5.41) is 1.10. The van der Waals surface area contributed by atoms with Crippen LogP contribution in [0.25, 0.3) is 0 Å². The fraction of sp³-hybridized carbons (Fsp3) is 0.333. The van der Waals surface area contributed by atoms with Crippen molar-refractivity contribution in [2.45, 2.75) is 31.4 Å². The number of nitrogens with zero attached hydrogens (tertiary/aromatic N) is 2. The lowest BCUT2D eigenvalue weighted by atomic mass is 10.1. The molecule has 0 unspecified atom stereocenters. The molecule has 30 heavy (non-hydrogen) atoms. The summed E-state index contributed by atoms with van der Waals surface area (Å²) in [6, 6.07) is 11.7. The second kappa shape index (κ2) is 8.89. The molecule has 1 aliphatic rings. The number of thioether (sulfide) groups is 1. The van der Waals surface area contributed by atoms with E-state index in [4.69, 9.17) is 16.3 Å². The van der Waals surface area contributed by atoms with Gasteiger partial charge in [-0.1, -0.05) is 35.5 Å². The molecule has 0 saturated heterocycles. The van der Waals surface area contributed by atoms with Crippen LogP contribution in [0.4, 0.5) is 13.2 Å². The van der Waals surface area contributed by atoms with Gasteiger partial charge in [0, 0.05) is 17.3 Å². The van der Waals surface area contributed by atoms with Gasteiger partial charge < -0.3 is 4.74 Å². The first-order valence-corrected chi connectivity index (χ1v) is 10.5. The SMILES string of the molecule is CC(C)(Oc1ccc(Cl)cc1)C(=O)N1CCN=C1SCc1ccc(C(F)(F)F)cc1. The molecule has 9 heteroatoms. The van der Waals surface area contributed by atoms with Gasteiger partial charge in [-0.3, -0.25) is 14.7 Å². The quantitative estimate of drug-likeness (QED) is 0.584. The van der Waals surface area contributed by atoms with E-state index in [1.54, 1.807) is 43.0 Å². The van der Waals surface area contributed by atoms with E-state index in [2.05, 4.69) is 4.99 Å². The van der Waals surface area contributed by atoms with Crippen molar-refractivity contribution >= 4 is 34.4 Å². The molecule has 160 valence electrons. The summed E-state index contributed by atoms with van der Waals surface area (Å²) in [6.07, 6.45) is -4.36. The van der Waals surface area contributed by atoms with E-state index < -0.39 is 17.3 Å². The van der Waals surface area contributed by atoms with E-state index in [1.807, 2.05) is 0 Å². The normalized spacial score (nSPS) is 14.6. The number of alkyl halides is 3. The number of hydrogen-bond acceptors (Lipinski definition) is 4. The van der Waals surface area contributed by atoms with Crippen molar-refractivity contribution < 1.29 is 22.7 Å². The van der Waals surface area contributed by atoms with Crippen LogP contribution in [-0.4, -0.2) is 34.7 Å². The third-order valence-corrected chi connectivity index (χ3v) is 5.73. The molecule has 0 radical (unpaired) electrons. The van der Waals surface area contributed by atoms with Crippen molar-refractivity contribution in [2.75, 3.05) is 13.1 Å². The van der Waals surface area contributed by atoms with Crippen molar-refractivity contribution in [3.8, 4) is 5.75 Å². The van der Waals surface area contributed by atoms with Gasteiger partial charge in [-0.25, -0.2) is 0 Å². The van der Waals surface area contributed by atoms with E-state index in [0.29, 0.717) is 40.3 Å². The summed E-state index contributed by atoms with van der Waals surface area (Å²) in [5.41, 5.74) is -1.10. The second-order valence-electron chi connectivity index (χ2n) is 7.17. The lowest BCUT2D eigenvalue weighted by Gasteiger charge is -2.30. The molecule has 0 fully saturated rings. The monoisotopic (exact) mass is 456 g/mol. The average Bonchev–Trinajstić information content (AvgIpc) is 3.15. The molecule has 0 bridgehead atoms. The van der Waals surface area contributed by atoms with Crippen LogP contribution in [0.2, 0.25) is 5.02 Å². The Morgan fingerprint density at radius 2 is 1.77 bits per heavy atom. The number of rotatable bonds is 5. The molecule has 0 atom stereocenters. The van der Waals surface area contributed by atoms with Crippen LogP contribution < -0.4 is 4.74 Å². The highest BCUT2D eigenvalue weighted by atomic mass is 35.5. The summed E-state index contributed by atoms with van der Waals surface area (Å²) >= 11 is 7.19. The van der Waals surface area contributed by atoms with Crippen LogP contribution in [0.1, 0.15) is 25.0 Å². The first kappa shape index (κ1) is 22.5. The highest BCUT2D eigenvalue weighted by Crippen LogP contribution is 2.30. The molecule has 0 aliphatic carbocycles. The van der Waals surface area contributed by atoms with Gasteiger partial charge in [-0.15, -0.1) is 0 Å². The van der Waals surface area contributed by atoms with Crippen molar-refractivity contribution in [2.24, 2.45) is 4.99 Å². The highest BCUT2D eigenvalue weighted by Gasteiger charge is 2.38. The maximum absolute atomic E-state index is 13.1. The summed E-state index contributed by atoms with van der Waals surface area (Å²) in [6.45, 7) is 4.26. The van der Waals surface area contributed by atoms with Gasteiger partial charge in [0.15, 0.2) is 10.8 Å². The standard InChI is InChI=1S/C21H20ClF3N2O2S/c1-20(2,29-17-9-7-16(22)8-10-17)18(28)27-12-11-26-19(27)30-13-14-3-5-15(6-4-14)21(23,24)25/h3-10H,11-13H2,1-2H3. The molecule has 3 rings (SSSR count). The van der Waals surface area contributed by atoms with Crippen molar-refractivity contribution in [3.05, 3.63) is 64.7 Å². The summed E-state index contributed by atoms with van der Waals surface area (Å²) in [5.74, 6) is 0.681. The van der Waals surface area contributed by atoms with Crippen LogP contribution in [0.5, 0.6) is 5.75 Å². The minimum absolute atomic E-state index is 0.242. The molecule has 1 amide bonds. The summed E-state index contributed by atoms with van der Waals surface area (Å²) in [4.78, 5) is 19.0. The second-order valence-corrected chi connectivity index (χ2v) is 8.55. The Labute approximate surface area is 182 Å². The molecule has 0 N–H and O–H groups in total. The molecule has 4 nitrogen and oxygen atoms in total. The summed E-state index contributed by atoms with van der Waals surface area (Å²) < 4.78 is 43.9. The lowest BCUT2D eigenvalue weighted by molar-refractivity contribution is -0.140. The number of ether oxygens (including phenoxy) is 1. The molecular weight excluding hydrogens is 437 g/mol.